The van der Waals surface area contributed by atoms with Gasteiger partial charge in [0.05, 0.1) is 17.7 Å². The Hall–Kier alpha value is -3.32. The Morgan fingerprint density at radius 2 is 1.93 bits per heavy atom. The van der Waals surface area contributed by atoms with Crippen molar-refractivity contribution < 1.29 is 14.3 Å². The molecule has 1 N–H and O–H groups in total. The number of amides is 1. The molecular weight excluding hydrogens is 386 g/mol. The van der Waals surface area contributed by atoms with E-state index in [1.165, 1.54) is 24.9 Å². The van der Waals surface area contributed by atoms with Gasteiger partial charge in [-0.05, 0) is 41.9 Å². The summed E-state index contributed by atoms with van der Waals surface area (Å²) in [5.41, 5.74) is 2.94. The standard InChI is InChI=1S/C22H19N3O3S/c1-28-20(26)13-19-21(27)25(22(29-19)24-16-7-3-2-4-8-16)12-11-15-14-23-18-10-6-5-9-17(15)18/h2-10,13-14,23H,11-12H2,1H3/b19-13-,24-22?. The van der Waals surface area contributed by atoms with E-state index in [1.807, 2.05) is 54.7 Å². The van der Waals surface area contributed by atoms with Crippen LogP contribution in [0.3, 0.4) is 0 Å². The van der Waals surface area contributed by atoms with Crippen LogP contribution in [-0.2, 0) is 20.7 Å². The Balaban J connectivity index is 1.62. The number of thioether (sulfide) groups is 1. The molecule has 2 aromatic carbocycles. The lowest BCUT2D eigenvalue weighted by Gasteiger charge is -2.15. The van der Waals surface area contributed by atoms with Crippen molar-refractivity contribution in [2.45, 2.75) is 6.42 Å². The number of esters is 1. The molecule has 1 amide bonds. The predicted molar refractivity (Wildman–Crippen MR) is 115 cm³/mol. The van der Waals surface area contributed by atoms with Gasteiger partial charge in [0, 0.05) is 29.7 Å². The third-order valence-corrected chi connectivity index (χ3v) is 5.61. The fourth-order valence-electron chi connectivity index (χ4n) is 3.14. The zero-order valence-corrected chi connectivity index (χ0v) is 16.6. The zero-order valence-electron chi connectivity index (χ0n) is 15.8. The number of nitrogens with zero attached hydrogens (tertiary/aromatic N) is 2. The number of methoxy groups -OCH3 is 1. The maximum atomic E-state index is 12.9. The highest BCUT2D eigenvalue weighted by Gasteiger charge is 2.34. The van der Waals surface area contributed by atoms with E-state index in [2.05, 4.69) is 20.8 Å². The highest BCUT2D eigenvalue weighted by atomic mass is 32.2. The molecule has 0 radical (unpaired) electrons. The van der Waals surface area contributed by atoms with Crippen LogP contribution in [0.2, 0.25) is 0 Å². The molecule has 29 heavy (non-hydrogen) atoms. The Labute approximate surface area is 172 Å². The topological polar surface area (TPSA) is 74.8 Å². The highest BCUT2D eigenvalue weighted by molar-refractivity contribution is 8.18. The summed E-state index contributed by atoms with van der Waals surface area (Å²) in [5.74, 6) is -0.798. The first-order chi connectivity index (χ1) is 14.2. The Morgan fingerprint density at radius 3 is 2.72 bits per heavy atom. The number of hydrogen-bond acceptors (Lipinski definition) is 5. The molecule has 0 unspecified atom stereocenters. The zero-order chi connectivity index (χ0) is 20.2. The second-order valence-corrected chi connectivity index (χ2v) is 7.44. The Bertz CT molecular complexity index is 1120. The van der Waals surface area contributed by atoms with Gasteiger partial charge < -0.3 is 9.72 Å². The summed E-state index contributed by atoms with van der Waals surface area (Å²) in [6, 6.07) is 17.5. The molecular formula is C22H19N3O3S. The minimum absolute atomic E-state index is 0.241. The average molecular weight is 405 g/mol. The lowest BCUT2D eigenvalue weighted by molar-refractivity contribution is -0.135. The van der Waals surface area contributed by atoms with Crippen molar-refractivity contribution in [3.8, 4) is 0 Å². The van der Waals surface area contributed by atoms with E-state index in [1.54, 1.807) is 4.90 Å². The number of aromatic nitrogens is 1. The molecule has 146 valence electrons. The van der Waals surface area contributed by atoms with Gasteiger partial charge in [-0.1, -0.05) is 36.4 Å². The summed E-state index contributed by atoms with van der Waals surface area (Å²) < 4.78 is 4.67. The lowest BCUT2D eigenvalue weighted by atomic mass is 10.1. The maximum Gasteiger partial charge on any atom is 0.331 e. The van der Waals surface area contributed by atoms with E-state index in [-0.39, 0.29) is 5.91 Å². The maximum absolute atomic E-state index is 12.9. The van der Waals surface area contributed by atoms with Crippen LogP contribution in [0.5, 0.6) is 0 Å². The quantitative estimate of drug-likeness (QED) is 0.514. The van der Waals surface area contributed by atoms with E-state index in [0.29, 0.717) is 23.0 Å². The molecule has 0 atom stereocenters. The van der Waals surface area contributed by atoms with Crippen molar-refractivity contribution in [1.82, 2.24) is 9.88 Å². The molecule has 1 aromatic heterocycles. The van der Waals surface area contributed by atoms with E-state index < -0.39 is 5.97 Å². The van der Waals surface area contributed by atoms with Gasteiger partial charge in [-0.3, -0.25) is 9.69 Å². The Morgan fingerprint density at radius 1 is 1.17 bits per heavy atom. The number of benzene rings is 2. The second-order valence-electron chi connectivity index (χ2n) is 6.43. The first kappa shape index (κ1) is 19.0. The number of carbonyl (C=O) groups excluding carboxylic acids is 2. The van der Waals surface area contributed by atoms with Gasteiger partial charge in [0.25, 0.3) is 5.91 Å². The van der Waals surface area contributed by atoms with E-state index in [9.17, 15) is 9.59 Å². The Kier molecular flexibility index (Phi) is 5.48. The third kappa shape index (κ3) is 4.09. The van der Waals surface area contributed by atoms with Crippen LogP contribution < -0.4 is 0 Å². The van der Waals surface area contributed by atoms with Crippen LogP contribution >= 0.6 is 11.8 Å². The van der Waals surface area contributed by atoms with E-state index in [0.717, 1.165) is 22.2 Å². The summed E-state index contributed by atoms with van der Waals surface area (Å²) in [5, 5.41) is 1.69. The van der Waals surface area contributed by atoms with Crippen molar-refractivity contribution in [2.24, 2.45) is 4.99 Å². The SMILES string of the molecule is COC(=O)/C=C1\SC(=Nc2ccccc2)N(CCc2c[nH]c3ccccc23)C1=O. The monoisotopic (exact) mass is 405 g/mol. The molecule has 1 saturated heterocycles. The van der Waals surface area contributed by atoms with Gasteiger partial charge in [0.15, 0.2) is 5.17 Å². The molecule has 0 saturated carbocycles. The number of nitrogens with one attached hydrogen (secondary N) is 1. The van der Waals surface area contributed by atoms with Gasteiger partial charge in [-0.2, -0.15) is 0 Å². The predicted octanol–water partition coefficient (Wildman–Crippen LogP) is 4.03. The number of hydrogen-bond donors (Lipinski definition) is 1. The molecule has 6 nitrogen and oxygen atoms in total. The van der Waals surface area contributed by atoms with Crippen LogP contribution in [0, 0.1) is 0 Å². The van der Waals surface area contributed by atoms with Crippen molar-refractivity contribution >= 4 is 45.4 Å². The summed E-state index contributed by atoms with van der Waals surface area (Å²) in [7, 11) is 1.29. The largest absolute Gasteiger partial charge is 0.466 e. The number of fused-ring (bicyclic) bond motifs is 1. The van der Waals surface area contributed by atoms with E-state index in [4.69, 9.17) is 0 Å². The molecule has 2 heterocycles. The minimum Gasteiger partial charge on any atom is -0.466 e. The number of rotatable bonds is 5. The van der Waals surface area contributed by atoms with Crippen LogP contribution in [0.4, 0.5) is 5.69 Å². The van der Waals surface area contributed by atoms with Gasteiger partial charge in [-0.15, -0.1) is 0 Å². The number of para-hydroxylation sites is 2. The van der Waals surface area contributed by atoms with Crippen LogP contribution in [0.1, 0.15) is 5.56 Å². The number of carbonyl (C=O) groups is 2. The second kappa shape index (κ2) is 8.36. The summed E-state index contributed by atoms with van der Waals surface area (Å²) in [6.07, 6.45) is 3.85. The molecule has 3 aromatic rings. The van der Waals surface area contributed by atoms with Gasteiger partial charge >= 0.3 is 5.97 Å². The number of H-pyrrole nitrogens is 1. The van der Waals surface area contributed by atoms with Crippen molar-refractivity contribution in [3.63, 3.8) is 0 Å². The molecule has 1 fully saturated rings. The summed E-state index contributed by atoms with van der Waals surface area (Å²) in [4.78, 5) is 34.4. The average Bonchev–Trinajstić information content (AvgIpc) is 3.28. The van der Waals surface area contributed by atoms with E-state index >= 15 is 0 Å². The van der Waals surface area contributed by atoms with Gasteiger partial charge in [0.2, 0.25) is 0 Å². The molecule has 0 aliphatic carbocycles. The van der Waals surface area contributed by atoms with Crippen molar-refractivity contribution in [2.75, 3.05) is 13.7 Å². The van der Waals surface area contributed by atoms with Gasteiger partial charge in [0.1, 0.15) is 0 Å². The molecule has 4 rings (SSSR count). The van der Waals surface area contributed by atoms with Crippen LogP contribution in [0.25, 0.3) is 10.9 Å². The number of aromatic amines is 1. The lowest BCUT2D eigenvalue weighted by Crippen LogP contribution is -2.31. The van der Waals surface area contributed by atoms with Crippen molar-refractivity contribution in [1.29, 1.82) is 0 Å². The van der Waals surface area contributed by atoms with Gasteiger partial charge in [-0.25, -0.2) is 9.79 Å². The smallest absolute Gasteiger partial charge is 0.331 e. The molecule has 1 aliphatic heterocycles. The minimum atomic E-state index is -0.557. The van der Waals surface area contributed by atoms with Crippen molar-refractivity contribution in [3.05, 3.63) is 77.3 Å². The molecule has 7 heteroatoms. The summed E-state index contributed by atoms with van der Waals surface area (Å²) in [6.45, 7) is 0.456. The third-order valence-electron chi connectivity index (χ3n) is 4.60. The highest BCUT2D eigenvalue weighted by Crippen LogP contribution is 2.33. The number of amidine groups is 1. The fraction of sp³-hybridized carbons (Fsp3) is 0.136. The number of aliphatic imine (C=N–C) groups is 1. The fourth-order valence-corrected chi connectivity index (χ4v) is 4.12. The molecule has 0 bridgehead atoms. The molecule has 1 aliphatic rings. The van der Waals surface area contributed by atoms with Crippen LogP contribution in [-0.4, -0.2) is 40.6 Å². The van der Waals surface area contributed by atoms with Crippen LogP contribution in [0.15, 0.2) is 76.8 Å². The molecule has 0 spiro atoms. The number of ether oxygens (including phenoxy) is 1. The first-order valence-corrected chi connectivity index (χ1v) is 9.95. The summed E-state index contributed by atoms with van der Waals surface area (Å²) >= 11 is 1.19. The first-order valence-electron chi connectivity index (χ1n) is 9.14. The normalized spacial score (nSPS) is 16.9.